The standard InChI is InChI=1S/C18H27N5O/c1-14(2)24-17-7-5-4-6-16(17)12-22-8-10-23(11-9-22)13-18-19-15(3)20-21-18/h4-7,14H,8-13H2,1-3H3,(H,19,20,21). The molecule has 0 spiro atoms. The Morgan fingerprint density at radius 3 is 2.38 bits per heavy atom. The van der Waals surface area contributed by atoms with Crippen molar-refractivity contribution in [3.8, 4) is 5.75 Å². The summed E-state index contributed by atoms with van der Waals surface area (Å²) in [4.78, 5) is 9.29. The molecular weight excluding hydrogens is 302 g/mol. The number of aryl methyl sites for hydroxylation is 1. The average Bonchev–Trinajstić information content (AvgIpc) is 2.96. The maximum atomic E-state index is 5.93. The molecule has 6 nitrogen and oxygen atoms in total. The number of aromatic amines is 1. The highest BCUT2D eigenvalue weighted by atomic mass is 16.5. The van der Waals surface area contributed by atoms with Crippen LogP contribution in [0.4, 0.5) is 0 Å². The summed E-state index contributed by atoms with van der Waals surface area (Å²) in [6, 6.07) is 8.36. The van der Waals surface area contributed by atoms with Gasteiger partial charge in [-0.25, -0.2) is 4.98 Å². The van der Waals surface area contributed by atoms with Crippen LogP contribution in [0.1, 0.15) is 31.1 Å². The topological polar surface area (TPSA) is 57.3 Å². The van der Waals surface area contributed by atoms with E-state index >= 15 is 0 Å². The molecule has 3 rings (SSSR count). The lowest BCUT2D eigenvalue weighted by atomic mass is 10.1. The molecule has 24 heavy (non-hydrogen) atoms. The van der Waals surface area contributed by atoms with Crippen LogP contribution in [0.25, 0.3) is 0 Å². The molecule has 0 unspecified atom stereocenters. The van der Waals surface area contributed by atoms with E-state index in [1.807, 2.05) is 13.0 Å². The van der Waals surface area contributed by atoms with Gasteiger partial charge in [0.2, 0.25) is 0 Å². The van der Waals surface area contributed by atoms with Crippen LogP contribution in [0.2, 0.25) is 0 Å². The lowest BCUT2D eigenvalue weighted by molar-refractivity contribution is 0.118. The van der Waals surface area contributed by atoms with Gasteiger partial charge < -0.3 is 4.74 Å². The van der Waals surface area contributed by atoms with Gasteiger partial charge in [-0.1, -0.05) is 18.2 Å². The van der Waals surface area contributed by atoms with Crippen LogP contribution in [-0.2, 0) is 13.1 Å². The van der Waals surface area contributed by atoms with Crippen LogP contribution < -0.4 is 4.74 Å². The van der Waals surface area contributed by atoms with Gasteiger partial charge in [0, 0.05) is 38.3 Å². The smallest absolute Gasteiger partial charge is 0.164 e. The Balaban J connectivity index is 1.52. The molecule has 1 aliphatic heterocycles. The minimum absolute atomic E-state index is 0.202. The van der Waals surface area contributed by atoms with E-state index in [9.17, 15) is 0 Å². The molecule has 1 N–H and O–H groups in total. The maximum absolute atomic E-state index is 5.93. The molecule has 0 saturated carbocycles. The monoisotopic (exact) mass is 329 g/mol. The summed E-state index contributed by atoms with van der Waals surface area (Å²) in [6.07, 6.45) is 0.202. The number of hydrogen-bond donors (Lipinski definition) is 1. The zero-order valence-corrected chi connectivity index (χ0v) is 14.8. The van der Waals surface area contributed by atoms with Gasteiger partial charge in [-0.2, -0.15) is 5.10 Å². The molecule has 0 aliphatic carbocycles. The van der Waals surface area contributed by atoms with Crippen LogP contribution in [0.5, 0.6) is 5.75 Å². The van der Waals surface area contributed by atoms with Crippen LogP contribution in [0, 0.1) is 6.92 Å². The molecule has 2 heterocycles. The number of rotatable bonds is 6. The van der Waals surface area contributed by atoms with Gasteiger partial charge in [0.25, 0.3) is 0 Å². The third-order valence-corrected chi connectivity index (χ3v) is 4.20. The fourth-order valence-corrected chi connectivity index (χ4v) is 3.01. The van der Waals surface area contributed by atoms with Crippen molar-refractivity contribution >= 4 is 0 Å². The molecule has 6 heteroatoms. The second-order valence-electron chi connectivity index (χ2n) is 6.66. The van der Waals surface area contributed by atoms with Crippen molar-refractivity contribution in [1.82, 2.24) is 25.0 Å². The number of ether oxygens (including phenoxy) is 1. The Morgan fingerprint density at radius 1 is 1.08 bits per heavy atom. The number of hydrogen-bond acceptors (Lipinski definition) is 5. The lowest BCUT2D eigenvalue weighted by Gasteiger charge is -2.34. The summed E-state index contributed by atoms with van der Waals surface area (Å²) in [6.45, 7) is 12.0. The first-order valence-corrected chi connectivity index (χ1v) is 8.67. The molecule has 1 fully saturated rings. The molecule has 1 aromatic heterocycles. The number of benzene rings is 1. The van der Waals surface area contributed by atoms with Gasteiger partial charge in [-0.3, -0.25) is 14.9 Å². The fraction of sp³-hybridized carbons (Fsp3) is 0.556. The second-order valence-corrected chi connectivity index (χ2v) is 6.66. The van der Waals surface area contributed by atoms with Crippen LogP contribution in [0.3, 0.4) is 0 Å². The first kappa shape index (κ1) is 16.9. The maximum Gasteiger partial charge on any atom is 0.164 e. The van der Waals surface area contributed by atoms with Crippen molar-refractivity contribution in [2.24, 2.45) is 0 Å². The number of piperazine rings is 1. The molecule has 0 bridgehead atoms. The molecule has 1 saturated heterocycles. The Kier molecular flexibility index (Phi) is 5.48. The lowest BCUT2D eigenvalue weighted by Crippen LogP contribution is -2.45. The first-order valence-electron chi connectivity index (χ1n) is 8.67. The van der Waals surface area contributed by atoms with Crippen molar-refractivity contribution in [2.45, 2.75) is 40.0 Å². The largest absolute Gasteiger partial charge is 0.491 e. The van der Waals surface area contributed by atoms with Crippen molar-refractivity contribution < 1.29 is 4.74 Å². The van der Waals surface area contributed by atoms with Crippen molar-refractivity contribution in [1.29, 1.82) is 0 Å². The van der Waals surface area contributed by atoms with E-state index in [-0.39, 0.29) is 6.10 Å². The zero-order chi connectivity index (χ0) is 16.9. The SMILES string of the molecule is Cc1nc(CN2CCN(Cc3ccccc3OC(C)C)CC2)n[nH]1. The highest BCUT2D eigenvalue weighted by Gasteiger charge is 2.19. The van der Waals surface area contributed by atoms with Gasteiger partial charge in [-0.15, -0.1) is 0 Å². The minimum Gasteiger partial charge on any atom is -0.491 e. The highest BCUT2D eigenvalue weighted by Crippen LogP contribution is 2.21. The van der Waals surface area contributed by atoms with E-state index in [0.29, 0.717) is 0 Å². The van der Waals surface area contributed by atoms with Gasteiger partial charge in [0.05, 0.1) is 12.6 Å². The molecule has 2 aromatic rings. The van der Waals surface area contributed by atoms with E-state index in [2.05, 4.69) is 57.0 Å². The number of aromatic nitrogens is 3. The molecule has 0 atom stereocenters. The van der Waals surface area contributed by atoms with E-state index < -0.39 is 0 Å². The quantitative estimate of drug-likeness (QED) is 0.881. The minimum atomic E-state index is 0.202. The predicted molar refractivity (Wildman–Crippen MR) is 93.9 cm³/mol. The third-order valence-electron chi connectivity index (χ3n) is 4.20. The molecule has 0 amide bonds. The summed E-state index contributed by atoms with van der Waals surface area (Å²) in [5.41, 5.74) is 1.27. The van der Waals surface area contributed by atoms with Gasteiger partial charge >= 0.3 is 0 Å². The van der Waals surface area contributed by atoms with Crippen LogP contribution in [0.15, 0.2) is 24.3 Å². The summed E-state index contributed by atoms with van der Waals surface area (Å²) in [7, 11) is 0. The van der Waals surface area contributed by atoms with Crippen LogP contribution >= 0.6 is 0 Å². The summed E-state index contributed by atoms with van der Waals surface area (Å²) in [5, 5.41) is 7.14. The highest BCUT2D eigenvalue weighted by molar-refractivity contribution is 5.33. The predicted octanol–water partition coefficient (Wildman–Crippen LogP) is 2.22. The third kappa shape index (κ3) is 4.55. The average molecular weight is 329 g/mol. The van der Waals surface area contributed by atoms with Crippen LogP contribution in [-0.4, -0.2) is 57.3 Å². The molecular formula is C18H27N5O. The van der Waals surface area contributed by atoms with E-state index in [0.717, 1.165) is 56.7 Å². The number of para-hydroxylation sites is 1. The normalized spacial score (nSPS) is 16.7. The number of nitrogens with zero attached hydrogens (tertiary/aromatic N) is 4. The Bertz CT molecular complexity index is 646. The Labute approximate surface area is 143 Å². The molecule has 1 aliphatic rings. The van der Waals surface area contributed by atoms with Crippen molar-refractivity contribution in [3.05, 3.63) is 41.5 Å². The van der Waals surface area contributed by atoms with Gasteiger partial charge in [-0.05, 0) is 26.8 Å². The number of nitrogens with one attached hydrogen (secondary N) is 1. The molecule has 0 radical (unpaired) electrons. The molecule has 130 valence electrons. The fourth-order valence-electron chi connectivity index (χ4n) is 3.01. The Morgan fingerprint density at radius 2 is 1.75 bits per heavy atom. The van der Waals surface area contributed by atoms with Crippen molar-refractivity contribution in [3.63, 3.8) is 0 Å². The van der Waals surface area contributed by atoms with E-state index in [1.165, 1.54) is 5.56 Å². The van der Waals surface area contributed by atoms with Crippen molar-refractivity contribution in [2.75, 3.05) is 26.2 Å². The van der Waals surface area contributed by atoms with E-state index in [1.54, 1.807) is 0 Å². The number of H-pyrrole nitrogens is 1. The first-order chi connectivity index (χ1) is 11.6. The Hall–Kier alpha value is -1.92. The van der Waals surface area contributed by atoms with Gasteiger partial charge in [0.15, 0.2) is 5.82 Å². The zero-order valence-electron chi connectivity index (χ0n) is 14.8. The summed E-state index contributed by atoms with van der Waals surface area (Å²) in [5.74, 6) is 2.77. The molecule has 1 aromatic carbocycles. The summed E-state index contributed by atoms with van der Waals surface area (Å²) >= 11 is 0. The summed E-state index contributed by atoms with van der Waals surface area (Å²) < 4.78 is 5.93. The van der Waals surface area contributed by atoms with Gasteiger partial charge in [0.1, 0.15) is 11.6 Å². The second kappa shape index (κ2) is 7.77. The van der Waals surface area contributed by atoms with E-state index in [4.69, 9.17) is 4.74 Å².